The van der Waals surface area contributed by atoms with Crippen LogP contribution < -0.4 is 0 Å². The molecule has 0 N–H and O–H groups in total. The van der Waals surface area contributed by atoms with E-state index in [4.69, 9.17) is 0 Å². The predicted molar refractivity (Wildman–Crippen MR) is 71.1 cm³/mol. The lowest BCUT2D eigenvalue weighted by atomic mass is 10.2. The average molecular weight is 265 g/mol. The molecule has 0 spiro atoms. The fraction of sp³-hybridized carbons (Fsp3) is 1.00. The summed E-state index contributed by atoms with van der Waals surface area (Å²) in [5, 5.41) is 0. The van der Waals surface area contributed by atoms with Crippen LogP contribution in [0.3, 0.4) is 0 Å². The highest BCUT2D eigenvalue weighted by Crippen LogP contribution is 2.32. The third-order valence-corrected chi connectivity index (χ3v) is 7.19. The van der Waals surface area contributed by atoms with Gasteiger partial charge in [0.1, 0.15) is 4.58 Å². The molecule has 1 aliphatic heterocycles. The molecule has 0 saturated carbocycles. The molecule has 1 heterocycles. The summed E-state index contributed by atoms with van der Waals surface area (Å²) in [6.07, 6.45) is 1.88. The van der Waals surface area contributed by atoms with E-state index in [9.17, 15) is 8.42 Å². The van der Waals surface area contributed by atoms with Crippen LogP contribution in [0, 0.1) is 5.92 Å². The molecule has 1 rings (SSSR count). The summed E-state index contributed by atoms with van der Waals surface area (Å²) in [4.78, 5) is 0. The molecule has 3 nitrogen and oxygen atoms in total. The topological polar surface area (TPSA) is 37.4 Å². The van der Waals surface area contributed by atoms with Crippen LogP contribution >= 0.6 is 11.8 Å². The van der Waals surface area contributed by atoms with E-state index in [1.165, 1.54) is 0 Å². The van der Waals surface area contributed by atoms with E-state index >= 15 is 0 Å². The first-order valence-corrected chi connectivity index (χ1v) is 8.53. The van der Waals surface area contributed by atoms with E-state index in [1.807, 2.05) is 13.8 Å². The second-order valence-corrected chi connectivity index (χ2v) is 8.70. The van der Waals surface area contributed by atoms with Gasteiger partial charge in [0.2, 0.25) is 10.0 Å². The minimum Gasteiger partial charge on any atom is -0.211 e. The normalized spacial score (nSPS) is 25.8. The van der Waals surface area contributed by atoms with Crippen LogP contribution in [0.25, 0.3) is 0 Å². The lowest BCUT2D eigenvalue weighted by molar-refractivity contribution is 0.381. The quantitative estimate of drug-likeness (QED) is 0.766. The highest BCUT2D eigenvalue weighted by atomic mass is 32.3. The van der Waals surface area contributed by atoms with Crippen LogP contribution in [-0.4, -0.2) is 35.6 Å². The molecule has 96 valence electrons. The van der Waals surface area contributed by atoms with Gasteiger partial charge in [0.25, 0.3) is 0 Å². The highest BCUT2D eigenvalue weighted by Gasteiger charge is 2.40. The van der Waals surface area contributed by atoms with Crippen LogP contribution in [0.4, 0.5) is 0 Å². The van der Waals surface area contributed by atoms with Crippen molar-refractivity contribution >= 4 is 21.8 Å². The lowest BCUT2D eigenvalue weighted by Gasteiger charge is -2.20. The molecule has 0 amide bonds. The summed E-state index contributed by atoms with van der Waals surface area (Å²) in [5.41, 5.74) is 0. The monoisotopic (exact) mass is 265 g/mol. The molecule has 0 bridgehead atoms. The van der Waals surface area contributed by atoms with Crippen LogP contribution in [0.2, 0.25) is 0 Å². The standard InChI is InChI=1S/C11H23NO2S2/c1-9(2)6-8-15-11-5-7-12(10(3)4)16(11,13)14/h9-11H,5-8H2,1-4H3. The maximum atomic E-state index is 12.1. The largest absolute Gasteiger partial charge is 0.226 e. The molecule has 5 heteroatoms. The van der Waals surface area contributed by atoms with Gasteiger partial charge in [0.15, 0.2) is 0 Å². The third kappa shape index (κ3) is 3.37. The van der Waals surface area contributed by atoms with Gasteiger partial charge in [-0.2, -0.15) is 4.31 Å². The summed E-state index contributed by atoms with van der Waals surface area (Å²) in [7, 11) is -3.03. The van der Waals surface area contributed by atoms with Gasteiger partial charge in [-0.1, -0.05) is 13.8 Å². The first-order chi connectivity index (χ1) is 7.35. The number of rotatable bonds is 5. The number of hydrogen-bond acceptors (Lipinski definition) is 3. The maximum absolute atomic E-state index is 12.1. The van der Waals surface area contributed by atoms with Crippen molar-refractivity contribution in [3.05, 3.63) is 0 Å². The molecule has 0 aliphatic carbocycles. The van der Waals surface area contributed by atoms with Gasteiger partial charge in [0.05, 0.1) is 0 Å². The highest BCUT2D eigenvalue weighted by molar-refractivity contribution is 8.12. The molecule has 1 unspecified atom stereocenters. The average Bonchev–Trinajstić information content (AvgIpc) is 2.41. The second kappa shape index (κ2) is 5.74. The Hall–Kier alpha value is 0.260. The zero-order valence-corrected chi connectivity index (χ0v) is 12.3. The first-order valence-electron chi connectivity index (χ1n) is 5.98. The van der Waals surface area contributed by atoms with Gasteiger partial charge in [0, 0.05) is 12.6 Å². The van der Waals surface area contributed by atoms with Crippen LogP contribution in [-0.2, 0) is 10.0 Å². The fourth-order valence-corrected chi connectivity index (χ4v) is 5.92. The zero-order valence-electron chi connectivity index (χ0n) is 10.6. The van der Waals surface area contributed by atoms with E-state index in [0.717, 1.165) is 18.6 Å². The van der Waals surface area contributed by atoms with Crippen molar-refractivity contribution in [1.29, 1.82) is 0 Å². The summed E-state index contributed by atoms with van der Waals surface area (Å²) >= 11 is 1.61. The van der Waals surface area contributed by atoms with E-state index in [2.05, 4.69) is 13.8 Å². The van der Waals surface area contributed by atoms with Gasteiger partial charge in [-0.15, -0.1) is 11.8 Å². The molecule has 1 fully saturated rings. The van der Waals surface area contributed by atoms with E-state index in [-0.39, 0.29) is 10.6 Å². The lowest BCUT2D eigenvalue weighted by Crippen LogP contribution is -2.34. The Morgan fingerprint density at radius 2 is 1.94 bits per heavy atom. The molecule has 0 aromatic rings. The molecule has 1 atom stereocenters. The summed E-state index contributed by atoms with van der Waals surface area (Å²) in [6, 6.07) is 0.0979. The minimum absolute atomic E-state index is 0.0979. The SMILES string of the molecule is CC(C)CCSC1CCN(C(C)C)S1(=O)=O. The molecule has 1 saturated heterocycles. The molecule has 0 radical (unpaired) electrons. The summed E-state index contributed by atoms with van der Waals surface area (Å²) < 4.78 is 25.7. The van der Waals surface area contributed by atoms with Crippen LogP contribution in [0.1, 0.15) is 40.5 Å². The molecule has 0 aromatic carbocycles. The number of hydrogen-bond donors (Lipinski definition) is 0. The van der Waals surface area contributed by atoms with E-state index in [0.29, 0.717) is 12.5 Å². The molecular formula is C11H23NO2S2. The predicted octanol–water partition coefficient (Wildman–Crippen LogP) is 2.54. The van der Waals surface area contributed by atoms with Gasteiger partial charge >= 0.3 is 0 Å². The Morgan fingerprint density at radius 3 is 2.38 bits per heavy atom. The van der Waals surface area contributed by atoms with Crippen LogP contribution in [0.5, 0.6) is 0 Å². The number of thioether (sulfide) groups is 1. The van der Waals surface area contributed by atoms with Crippen molar-refractivity contribution in [1.82, 2.24) is 4.31 Å². The summed E-state index contributed by atoms with van der Waals surface area (Å²) in [5.74, 6) is 1.60. The zero-order chi connectivity index (χ0) is 12.3. The number of nitrogens with zero attached hydrogens (tertiary/aromatic N) is 1. The Labute approximate surface area is 104 Å². The van der Waals surface area contributed by atoms with Gasteiger partial charge in [-0.3, -0.25) is 0 Å². The Kier molecular flexibility index (Phi) is 5.13. The molecule has 0 aromatic heterocycles. The van der Waals surface area contributed by atoms with E-state index < -0.39 is 10.0 Å². The van der Waals surface area contributed by atoms with Gasteiger partial charge in [-0.25, -0.2) is 8.42 Å². The van der Waals surface area contributed by atoms with Crippen LogP contribution in [0.15, 0.2) is 0 Å². The maximum Gasteiger partial charge on any atom is 0.226 e. The molecular weight excluding hydrogens is 242 g/mol. The molecule has 1 aliphatic rings. The first kappa shape index (κ1) is 14.3. The van der Waals surface area contributed by atoms with Crippen molar-refractivity contribution < 1.29 is 8.42 Å². The number of sulfonamides is 1. The van der Waals surface area contributed by atoms with Crippen molar-refractivity contribution in [2.24, 2.45) is 5.92 Å². The summed E-state index contributed by atoms with van der Waals surface area (Å²) in [6.45, 7) is 8.92. The van der Waals surface area contributed by atoms with E-state index in [1.54, 1.807) is 16.1 Å². The Bertz CT molecular complexity index is 312. The van der Waals surface area contributed by atoms with Crippen molar-refractivity contribution in [2.75, 3.05) is 12.3 Å². The van der Waals surface area contributed by atoms with Gasteiger partial charge in [-0.05, 0) is 38.4 Å². The Morgan fingerprint density at radius 1 is 1.31 bits per heavy atom. The second-order valence-electron chi connectivity index (χ2n) is 5.02. The van der Waals surface area contributed by atoms with Gasteiger partial charge < -0.3 is 0 Å². The van der Waals surface area contributed by atoms with Crippen molar-refractivity contribution in [2.45, 2.75) is 51.2 Å². The van der Waals surface area contributed by atoms with Crippen molar-refractivity contribution in [3.8, 4) is 0 Å². The third-order valence-electron chi connectivity index (χ3n) is 2.82. The fourth-order valence-electron chi connectivity index (χ4n) is 1.82. The molecule has 16 heavy (non-hydrogen) atoms. The minimum atomic E-state index is -3.03. The van der Waals surface area contributed by atoms with Crippen molar-refractivity contribution in [3.63, 3.8) is 0 Å². The smallest absolute Gasteiger partial charge is 0.211 e. The Balaban J connectivity index is 2.52.